The number of nitrogens with two attached hydrogens (primary N) is 3. The molecule has 0 unspecified atom stereocenters. The molecule has 0 radical (unpaired) electrons. The number of piperidine rings is 1. The summed E-state index contributed by atoms with van der Waals surface area (Å²) in [4.78, 5) is 154. The van der Waals surface area contributed by atoms with Crippen LogP contribution in [0.1, 0.15) is 150 Å². The fourth-order valence-electron chi connectivity index (χ4n) is 11.0. The third-order valence-corrected chi connectivity index (χ3v) is 17.1. The second-order valence-corrected chi connectivity index (χ2v) is 26.2. The number of aliphatic carboxylic acids is 1. The minimum atomic E-state index is -1.80. The Morgan fingerprint density at radius 1 is 0.742 bits per heavy atom. The van der Waals surface area contributed by atoms with Gasteiger partial charge in [-0.3, -0.25) is 52.9 Å². The molecule has 9 amide bonds. The van der Waals surface area contributed by atoms with Crippen molar-refractivity contribution in [1.29, 1.82) is 0 Å². The molecule has 0 bridgehead atoms. The van der Waals surface area contributed by atoms with Crippen LogP contribution in [0.25, 0.3) is 0 Å². The van der Waals surface area contributed by atoms with Gasteiger partial charge in [-0.25, -0.2) is 4.98 Å². The number of nitrogens with zero attached hydrogens (tertiary/aromatic N) is 5. The zero-order valence-electron chi connectivity index (χ0n) is 53.6. The number of aliphatic hydroxyl groups excluding tert-OH is 1. The third kappa shape index (κ3) is 23.8. The smallest absolute Gasteiger partial charge is 0.305 e. The van der Waals surface area contributed by atoms with Gasteiger partial charge in [-0.05, 0) is 87.0 Å². The molecule has 26 nitrogen and oxygen atoms in total. The van der Waals surface area contributed by atoms with Crippen molar-refractivity contribution in [3.63, 3.8) is 0 Å². The number of hydrogen-bond acceptors (Lipinski definition) is 15. The molecule has 3 heterocycles. The van der Waals surface area contributed by atoms with Crippen molar-refractivity contribution in [2.75, 3.05) is 38.1 Å². The van der Waals surface area contributed by atoms with Gasteiger partial charge in [0, 0.05) is 57.1 Å². The van der Waals surface area contributed by atoms with E-state index in [9.17, 15) is 58.2 Å². The third-order valence-electron chi connectivity index (χ3n) is 16.0. The van der Waals surface area contributed by atoms with Crippen LogP contribution in [0.4, 0.5) is 5.13 Å². The molecule has 0 spiro atoms. The van der Waals surface area contributed by atoms with Crippen molar-refractivity contribution in [2.45, 2.75) is 207 Å². The molecule has 0 aliphatic carbocycles. The van der Waals surface area contributed by atoms with E-state index in [0.29, 0.717) is 19.4 Å². The Labute approximate surface area is 527 Å². The molecule has 14 N–H and O–H groups in total. The Morgan fingerprint density at radius 3 is 1.94 bits per heavy atom. The molecular weight excluding hydrogens is 1160 g/mol. The van der Waals surface area contributed by atoms with E-state index in [0.717, 1.165) is 52.7 Å². The summed E-state index contributed by atoms with van der Waals surface area (Å²) in [6.07, 6.45) is 4.75. The van der Waals surface area contributed by atoms with Gasteiger partial charge in [0.2, 0.25) is 53.2 Å². The quantitative estimate of drug-likeness (QED) is 0.0263. The maximum atomic E-state index is 14.9. The number of guanidine groups is 1. The summed E-state index contributed by atoms with van der Waals surface area (Å²) < 4.78 is 0. The van der Waals surface area contributed by atoms with Crippen LogP contribution in [0.2, 0.25) is 0 Å². The first kappa shape index (κ1) is 74.0. The molecule has 2 fully saturated rings. The summed E-state index contributed by atoms with van der Waals surface area (Å²) >= 11 is 1.63. The number of likely N-dealkylation sites (N-methyl/N-ethyl adjacent to an activating group) is 1. The number of unbranched alkanes of at least 4 members (excludes halogenated alkanes) is 1. The van der Waals surface area contributed by atoms with E-state index >= 15 is 0 Å². The van der Waals surface area contributed by atoms with E-state index in [4.69, 9.17) is 17.2 Å². The predicted octanol–water partition coefficient (Wildman–Crippen LogP) is 1.84. The van der Waals surface area contributed by atoms with Crippen LogP contribution < -0.4 is 54.0 Å². The largest absolute Gasteiger partial charge is 0.481 e. The van der Waals surface area contributed by atoms with Gasteiger partial charge in [0.25, 0.3) is 0 Å². The number of aryl methyl sites for hydroxylation is 1. The van der Waals surface area contributed by atoms with Gasteiger partial charge in [-0.15, -0.1) is 11.3 Å². The molecule has 27 heteroatoms. The molecule has 4 rings (SSSR count). The number of hydrogen-bond donors (Lipinski definition) is 11. The highest BCUT2D eigenvalue weighted by Gasteiger charge is 2.45. The van der Waals surface area contributed by atoms with E-state index in [-0.39, 0.29) is 87.7 Å². The number of aromatic nitrogens is 1. The summed E-state index contributed by atoms with van der Waals surface area (Å²) in [5, 5.41) is 38.4. The van der Waals surface area contributed by atoms with Gasteiger partial charge in [-0.2, -0.15) is 0 Å². The number of carboxylic acids is 1. The highest BCUT2D eigenvalue weighted by atomic mass is 32.1. The van der Waals surface area contributed by atoms with Crippen molar-refractivity contribution in [2.24, 2.45) is 51.8 Å². The van der Waals surface area contributed by atoms with Gasteiger partial charge >= 0.3 is 5.97 Å². The molecule has 496 valence electrons. The first-order valence-corrected chi connectivity index (χ1v) is 32.2. The average molecular weight is 1270 g/mol. The van der Waals surface area contributed by atoms with Crippen LogP contribution in [-0.2, 0) is 60.8 Å². The van der Waals surface area contributed by atoms with Crippen LogP contribution in [0.3, 0.4) is 0 Å². The minimum absolute atomic E-state index is 0.0179. The Kier molecular flexibility index (Phi) is 30.2. The lowest BCUT2D eigenvalue weighted by atomic mass is 9.96. The molecule has 2 aliphatic heterocycles. The Bertz CT molecular complexity index is 2720. The number of β-amino-alcohol motifs (C(OH)–C–C–N with tert-alkyl or cyclic N) is 1. The number of benzene rings is 1. The molecule has 0 saturated carbocycles. The number of aliphatic hydroxyl groups is 1. The lowest BCUT2D eigenvalue weighted by Crippen LogP contribution is -2.61. The maximum absolute atomic E-state index is 14.9. The van der Waals surface area contributed by atoms with Gasteiger partial charge in [-0.1, -0.05) is 105 Å². The fourth-order valence-corrected chi connectivity index (χ4v) is 12.0. The molecule has 1 aromatic carbocycles. The van der Waals surface area contributed by atoms with Gasteiger partial charge < -0.3 is 74.0 Å². The number of likely N-dealkylation sites (tertiary alicyclic amines) is 1. The maximum Gasteiger partial charge on any atom is 0.305 e. The molecular formula is C62H100N14O12S. The normalized spacial score (nSPS) is 18.5. The average Bonchev–Trinajstić information content (AvgIpc) is 2.19. The predicted molar refractivity (Wildman–Crippen MR) is 339 cm³/mol. The SMILES string of the molecule is CCCCc1cnc(N2CCC[C@H](C(=O)N[C@@H](Cc3ccccc3)C(=O)N[C@H](CC(C)C)C(=O)N[C@@H](CC(C)C)C(=O)N3C[C@H](O)C[C@H]3C(=O)N(C)[C@@H](CC(C)C)C(=O)N[C@@H](CC(=O)O)C(=O)N[C@@H](CCCN=C(N)N)C(=O)N[C@H](C(N)=O)[C@@H](C)CC)C2)s1. The highest BCUT2D eigenvalue weighted by Crippen LogP contribution is 2.29. The lowest BCUT2D eigenvalue weighted by Gasteiger charge is -2.35. The van der Waals surface area contributed by atoms with Crippen LogP contribution in [0.5, 0.6) is 0 Å². The van der Waals surface area contributed by atoms with Crippen molar-refractivity contribution in [3.05, 3.63) is 47.0 Å². The second kappa shape index (κ2) is 36.3. The number of primary amides is 1. The van der Waals surface area contributed by atoms with Crippen molar-refractivity contribution in [1.82, 2.24) is 46.7 Å². The first-order chi connectivity index (χ1) is 42.0. The Morgan fingerprint density at radius 2 is 1.34 bits per heavy atom. The summed E-state index contributed by atoms with van der Waals surface area (Å²) in [6, 6.07) is -1.39. The van der Waals surface area contributed by atoms with E-state index in [1.165, 1.54) is 11.9 Å². The standard InChI is InChI=1S/C62H100N14O12S/c1-11-13-22-42-32-67-62(89-42)75-25-18-21-40(33-75)53(81)69-45(29-39-19-15-14-16-20-39)56(84)70-44(26-35(3)4)55(83)72-47(27-36(5)6)59(87)76-34-41(77)30-49(76)60(88)74(10)48(28-37(7)8)58(86)71-46(31-50(78)79)57(85)68-43(23-17-24-66-61(64)65)54(82)73-51(52(63)80)38(9)12-2/h14-16,19-20,32,35-38,40-41,43-49,51,77H,11-13,17-18,21-31,33-34H2,1-10H3,(H2,63,80)(H,68,85)(H,69,81)(H,70,84)(H,71,86)(H,72,83)(H,73,82)(H,78,79)(H4,64,65,66)/t38-,40-,41+,43-,44+,45-,46-,47-,48-,49-,51-/m0/s1. The number of amides is 9. The highest BCUT2D eigenvalue weighted by molar-refractivity contribution is 7.15. The number of thiazole rings is 1. The zero-order valence-corrected chi connectivity index (χ0v) is 54.4. The first-order valence-electron chi connectivity index (χ1n) is 31.4. The molecule has 11 atom stereocenters. The molecule has 2 aromatic rings. The minimum Gasteiger partial charge on any atom is -0.481 e. The van der Waals surface area contributed by atoms with Gasteiger partial charge in [0.15, 0.2) is 11.1 Å². The number of anilines is 1. The van der Waals surface area contributed by atoms with E-state index < -0.39 is 126 Å². The number of carbonyl (C=O) groups is 10. The summed E-state index contributed by atoms with van der Waals surface area (Å²) in [5.74, 6) is -9.90. The van der Waals surface area contributed by atoms with Crippen LogP contribution in [0, 0.1) is 29.6 Å². The van der Waals surface area contributed by atoms with Crippen molar-refractivity contribution >= 4 is 81.6 Å². The summed E-state index contributed by atoms with van der Waals surface area (Å²) in [5.41, 5.74) is 17.3. The van der Waals surface area contributed by atoms with Gasteiger partial charge in [0.1, 0.15) is 48.3 Å². The number of aliphatic imine (C=N–C) groups is 1. The molecule has 1 aromatic heterocycles. The van der Waals surface area contributed by atoms with Crippen molar-refractivity contribution in [3.8, 4) is 0 Å². The Hall–Kier alpha value is -7.42. The number of carbonyl (C=O) groups excluding carboxylic acids is 9. The summed E-state index contributed by atoms with van der Waals surface area (Å²) in [6.45, 7) is 17.5. The van der Waals surface area contributed by atoms with Crippen LogP contribution >= 0.6 is 11.3 Å². The molecule has 2 aliphatic rings. The lowest BCUT2D eigenvalue weighted by molar-refractivity contribution is -0.149. The number of nitrogens with one attached hydrogen (secondary N) is 6. The van der Waals surface area contributed by atoms with Crippen LogP contribution in [0.15, 0.2) is 41.5 Å². The number of rotatable bonds is 36. The topological polar surface area (TPSA) is 396 Å². The van der Waals surface area contributed by atoms with Crippen LogP contribution in [-0.4, -0.2) is 178 Å². The summed E-state index contributed by atoms with van der Waals surface area (Å²) in [7, 11) is 1.31. The van der Waals surface area contributed by atoms with E-state index in [1.807, 2.05) is 64.2 Å². The second-order valence-electron chi connectivity index (χ2n) is 25.1. The van der Waals surface area contributed by atoms with E-state index in [1.54, 1.807) is 39.0 Å². The molecule has 2 saturated heterocycles. The van der Waals surface area contributed by atoms with E-state index in [2.05, 4.69) is 53.7 Å². The monoisotopic (exact) mass is 1260 g/mol. The molecule has 89 heavy (non-hydrogen) atoms. The Balaban J connectivity index is 1.57. The number of carboxylic acid groups (broad SMARTS) is 1. The zero-order chi connectivity index (χ0) is 66.2. The fraction of sp³-hybridized carbons (Fsp3) is 0.677. The van der Waals surface area contributed by atoms with Gasteiger partial charge in [0.05, 0.1) is 18.4 Å². The van der Waals surface area contributed by atoms with Crippen molar-refractivity contribution < 1.29 is 58.2 Å².